The van der Waals surface area contributed by atoms with Gasteiger partial charge in [-0.3, -0.25) is 4.98 Å². The summed E-state index contributed by atoms with van der Waals surface area (Å²) in [7, 11) is 0. The van der Waals surface area contributed by atoms with E-state index in [1.54, 1.807) is 36.3 Å². The van der Waals surface area contributed by atoms with Crippen LogP contribution in [0.2, 0.25) is 0 Å². The van der Waals surface area contributed by atoms with Gasteiger partial charge in [0.1, 0.15) is 0 Å². The van der Waals surface area contributed by atoms with E-state index in [0.29, 0.717) is 5.56 Å². The normalized spacial score (nSPS) is 10.2. The second-order valence-corrected chi connectivity index (χ2v) is 4.95. The molecule has 2 rings (SSSR count). The number of hydrogen-bond acceptors (Lipinski definition) is 3. The van der Waals surface area contributed by atoms with Crippen molar-refractivity contribution >= 4 is 17.7 Å². The zero-order chi connectivity index (χ0) is 12.8. The van der Waals surface area contributed by atoms with E-state index >= 15 is 0 Å². The van der Waals surface area contributed by atoms with Crippen molar-refractivity contribution in [2.24, 2.45) is 0 Å². The van der Waals surface area contributed by atoms with Gasteiger partial charge in [0.25, 0.3) is 0 Å². The standard InChI is InChI=1S/C14H13NO2S/c16-14(17)12-1-3-13(4-2-12)18-10-7-11-5-8-15-9-6-11/h1-6,8-9H,7,10H2,(H,16,17). The molecule has 0 atom stereocenters. The Balaban J connectivity index is 1.85. The molecule has 0 unspecified atom stereocenters. The predicted octanol–water partition coefficient (Wildman–Crippen LogP) is 3.11. The van der Waals surface area contributed by atoms with E-state index in [2.05, 4.69) is 4.98 Å². The number of nitrogens with zero attached hydrogens (tertiary/aromatic N) is 1. The van der Waals surface area contributed by atoms with E-state index in [-0.39, 0.29) is 0 Å². The number of aryl methyl sites for hydroxylation is 1. The Morgan fingerprint density at radius 2 is 1.78 bits per heavy atom. The van der Waals surface area contributed by atoms with Crippen LogP contribution < -0.4 is 0 Å². The molecule has 0 amide bonds. The fraction of sp³-hybridized carbons (Fsp3) is 0.143. The van der Waals surface area contributed by atoms with Gasteiger partial charge in [-0.05, 0) is 48.4 Å². The third kappa shape index (κ3) is 3.60. The molecule has 2 aromatic rings. The van der Waals surface area contributed by atoms with Crippen LogP contribution in [0.15, 0.2) is 53.7 Å². The molecule has 92 valence electrons. The SMILES string of the molecule is O=C(O)c1ccc(SCCc2ccncc2)cc1. The minimum Gasteiger partial charge on any atom is -0.478 e. The number of pyridine rings is 1. The Labute approximate surface area is 110 Å². The lowest BCUT2D eigenvalue weighted by Crippen LogP contribution is -1.95. The molecule has 1 heterocycles. The molecule has 0 spiro atoms. The highest BCUT2D eigenvalue weighted by Gasteiger charge is 2.02. The zero-order valence-corrected chi connectivity index (χ0v) is 10.6. The second-order valence-electron chi connectivity index (χ2n) is 3.78. The van der Waals surface area contributed by atoms with E-state index in [0.717, 1.165) is 17.1 Å². The van der Waals surface area contributed by atoms with E-state index < -0.39 is 5.97 Å². The average Bonchev–Trinajstić information content (AvgIpc) is 2.40. The molecular formula is C14H13NO2S. The lowest BCUT2D eigenvalue weighted by Gasteiger charge is -2.02. The molecule has 0 radical (unpaired) electrons. The molecule has 0 aliphatic carbocycles. The summed E-state index contributed by atoms with van der Waals surface area (Å²) in [5, 5.41) is 8.79. The fourth-order valence-electron chi connectivity index (χ4n) is 1.53. The van der Waals surface area contributed by atoms with Crippen LogP contribution in [0.4, 0.5) is 0 Å². The highest BCUT2D eigenvalue weighted by Crippen LogP contribution is 2.19. The number of aromatic nitrogens is 1. The highest BCUT2D eigenvalue weighted by molar-refractivity contribution is 7.99. The Morgan fingerprint density at radius 1 is 1.11 bits per heavy atom. The van der Waals surface area contributed by atoms with Crippen molar-refractivity contribution in [2.75, 3.05) is 5.75 Å². The molecule has 1 N–H and O–H groups in total. The summed E-state index contributed by atoms with van der Waals surface area (Å²) in [6.45, 7) is 0. The number of thioether (sulfide) groups is 1. The maximum Gasteiger partial charge on any atom is 0.335 e. The first kappa shape index (κ1) is 12.6. The van der Waals surface area contributed by atoms with Gasteiger partial charge in [-0.25, -0.2) is 4.79 Å². The lowest BCUT2D eigenvalue weighted by molar-refractivity contribution is 0.0697. The summed E-state index contributed by atoms with van der Waals surface area (Å²) in [5.41, 5.74) is 1.59. The van der Waals surface area contributed by atoms with Crippen molar-refractivity contribution in [3.8, 4) is 0 Å². The van der Waals surface area contributed by atoms with Crippen LogP contribution >= 0.6 is 11.8 Å². The molecule has 0 fully saturated rings. The van der Waals surface area contributed by atoms with Crippen molar-refractivity contribution in [3.63, 3.8) is 0 Å². The largest absolute Gasteiger partial charge is 0.478 e. The summed E-state index contributed by atoms with van der Waals surface area (Å²) in [5.74, 6) is 0.0829. The van der Waals surface area contributed by atoms with Crippen LogP contribution in [0, 0.1) is 0 Å². The van der Waals surface area contributed by atoms with Crippen molar-refractivity contribution in [1.29, 1.82) is 0 Å². The minimum atomic E-state index is -0.886. The number of carboxylic acid groups (broad SMARTS) is 1. The molecule has 1 aromatic carbocycles. The van der Waals surface area contributed by atoms with Gasteiger partial charge in [0.15, 0.2) is 0 Å². The quantitative estimate of drug-likeness (QED) is 0.838. The first-order valence-corrected chi connectivity index (χ1v) is 6.59. The van der Waals surface area contributed by atoms with E-state index in [4.69, 9.17) is 5.11 Å². The van der Waals surface area contributed by atoms with Gasteiger partial charge >= 0.3 is 5.97 Å². The maximum atomic E-state index is 10.7. The molecule has 4 heteroatoms. The van der Waals surface area contributed by atoms with Crippen LogP contribution in [-0.2, 0) is 6.42 Å². The topological polar surface area (TPSA) is 50.2 Å². The molecule has 0 aliphatic heterocycles. The van der Waals surface area contributed by atoms with Crippen LogP contribution in [0.25, 0.3) is 0 Å². The van der Waals surface area contributed by atoms with Crippen molar-refractivity contribution in [1.82, 2.24) is 4.98 Å². The lowest BCUT2D eigenvalue weighted by atomic mass is 10.2. The number of benzene rings is 1. The molecule has 0 aliphatic rings. The Kier molecular flexibility index (Phi) is 4.36. The Hall–Kier alpha value is -1.81. The van der Waals surface area contributed by atoms with E-state index in [1.807, 2.05) is 24.3 Å². The predicted molar refractivity (Wildman–Crippen MR) is 72.1 cm³/mol. The number of carbonyl (C=O) groups is 1. The van der Waals surface area contributed by atoms with Gasteiger partial charge in [0, 0.05) is 23.0 Å². The van der Waals surface area contributed by atoms with Crippen LogP contribution in [0.5, 0.6) is 0 Å². The molecular weight excluding hydrogens is 246 g/mol. The smallest absolute Gasteiger partial charge is 0.335 e. The van der Waals surface area contributed by atoms with Gasteiger partial charge in [0.2, 0.25) is 0 Å². The monoisotopic (exact) mass is 259 g/mol. The molecule has 18 heavy (non-hydrogen) atoms. The first-order chi connectivity index (χ1) is 8.75. The zero-order valence-electron chi connectivity index (χ0n) is 9.74. The van der Waals surface area contributed by atoms with Gasteiger partial charge in [0.05, 0.1) is 5.56 Å². The molecule has 0 saturated heterocycles. The molecule has 1 aromatic heterocycles. The molecule has 0 bridgehead atoms. The third-order valence-corrected chi connectivity index (χ3v) is 3.52. The van der Waals surface area contributed by atoms with Crippen molar-refractivity contribution in [3.05, 3.63) is 59.9 Å². The summed E-state index contributed by atoms with van der Waals surface area (Å²) in [6, 6.07) is 11.0. The second kappa shape index (κ2) is 6.21. The van der Waals surface area contributed by atoms with Crippen LogP contribution in [0.3, 0.4) is 0 Å². The molecule has 3 nitrogen and oxygen atoms in total. The summed E-state index contributed by atoms with van der Waals surface area (Å²) >= 11 is 1.72. The number of aromatic carboxylic acids is 1. The Morgan fingerprint density at radius 3 is 2.39 bits per heavy atom. The summed E-state index contributed by atoms with van der Waals surface area (Å²) in [4.78, 5) is 15.8. The van der Waals surface area contributed by atoms with E-state index in [9.17, 15) is 4.79 Å². The van der Waals surface area contributed by atoms with Crippen molar-refractivity contribution < 1.29 is 9.90 Å². The maximum absolute atomic E-state index is 10.7. The van der Waals surface area contributed by atoms with Gasteiger partial charge in [-0.15, -0.1) is 11.8 Å². The van der Waals surface area contributed by atoms with E-state index in [1.165, 1.54) is 5.56 Å². The van der Waals surface area contributed by atoms with Gasteiger partial charge in [-0.2, -0.15) is 0 Å². The number of carboxylic acids is 1. The summed E-state index contributed by atoms with van der Waals surface area (Å²) < 4.78 is 0. The molecule has 0 saturated carbocycles. The third-order valence-electron chi connectivity index (χ3n) is 2.51. The number of rotatable bonds is 5. The highest BCUT2D eigenvalue weighted by atomic mass is 32.2. The van der Waals surface area contributed by atoms with Crippen LogP contribution in [0.1, 0.15) is 15.9 Å². The fourth-order valence-corrected chi connectivity index (χ4v) is 2.43. The summed E-state index contributed by atoms with van der Waals surface area (Å²) in [6.07, 6.45) is 4.57. The Bertz CT molecular complexity index is 511. The minimum absolute atomic E-state index is 0.327. The van der Waals surface area contributed by atoms with Gasteiger partial charge in [-0.1, -0.05) is 0 Å². The average molecular weight is 259 g/mol. The van der Waals surface area contributed by atoms with Crippen LogP contribution in [-0.4, -0.2) is 21.8 Å². The van der Waals surface area contributed by atoms with Gasteiger partial charge < -0.3 is 5.11 Å². The first-order valence-electron chi connectivity index (χ1n) is 5.61. The number of hydrogen-bond donors (Lipinski definition) is 1. The van der Waals surface area contributed by atoms with Crippen molar-refractivity contribution in [2.45, 2.75) is 11.3 Å².